The van der Waals surface area contributed by atoms with Crippen LogP contribution in [-0.4, -0.2) is 9.97 Å². The average molecular weight is 160 g/mol. The van der Waals surface area contributed by atoms with Crippen molar-refractivity contribution in [2.75, 3.05) is 0 Å². The summed E-state index contributed by atoms with van der Waals surface area (Å²) in [5, 5.41) is 0. The standard InChI is InChI=1S/C10H12N2/c1-2-3-9-5-4-8-6-11-7-10(8)12-9/h4-7,12H,2-3H2,1H3. The van der Waals surface area contributed by atoms with Gasteiger partial charge in [-0.25, -0.2) is 0 Å². The Kier molecular flexibility index (Phi) is 1.82. The Bertz CT molecular complexity index is 338. The monoisotopic (exact) mass is 160 g/mol. The van der Waals surface area contributed by atoms with Gasteiger partial charge in [0.05, 0.1) is 11.9 Å². The molecule has 0 radical (unpaired) electrons. The fourth-order valence-electron chi connectivity index (χ4n) is 1.39. The van der Waals surface area contributed by atoms with Crippen molar-refractivity contribution in [3.8, 4) is 11.3 Å². The lowest BCUT2D eigenvalue weighted by atomic mass is 10.1. The first-order valence-electron chi connectivity index (χ1n) is 4.32. The summed E-state index contributed by atoms with van der Waals surface area (Å²) in [6.07, 6.45) is 6.04. The van der Waals surface area contributed by atoms with Gasteiger partial charge in [0.1, 0.15) is 0 Å². The van der Waals surface area contributed by atoms with Crippen LogP contribution in [0.2, 0.25) is 0 Å². The number of nitrogens with zero attached hydrogens (tertiary/aromatic N) is 1. The van der Waals surface area contributed by atoms with Crippen LogP contribution in [0.3, 0.4) is 0 Å². The number of aromatic amines is 1. The summed E-state index contributed by atoms with van der Waals surface area (Å²) in [6.45, 7) is 2.18. The van der Waals surface area contributed by atoms with Gasteiger partial charge in [-0.2, -0.15) is 0 Å². The molecule has 0 aromatic carbocycles. The van der Waals surface area contributed by atoms with E-state index in [1.54, 1.807) is 0 Å². The third kappa shape index (κ3) is 1.20. The van der Waals surface area contributed by atoms with Gasteiger partial charge in [-0.1, -0.05) is 13.3 Å². The molecular weight excluding hydrogens is 148 g/mol. The number of fused-ring (bicyclic) bond motifs is 1. The largest absolute Gasteiger partial charge is 0.357 e. The lowest BCUT2D eigenvalue weighted by Gasteiger charge is -2.02. The molecule has 0 aliphatic carbocycles. The van der Waals surface area contributed by atoms with E-state index in [1.807, 2.05) is 12.4 Å². The second kappa shape index (κ2) is 2.97. The molecule has 0 aromatic heterocycles. The van der Waals surface area contributed by atoms with E-state index in [4.69, 9.17) is 0 Å². The van der Waals surface area contributed by atoms with E-state index in [-0.39, 0.29) is 0 Å². The van der Waals surface area contributed by atoms with E-state index < -0.39 is 0 Å². The van der Waals surface area contributed by atoms with E-state index >= 15 is 0 Å². The lowest BCUT2D eigenvalue weighted by molar-refractivity contribution is 0.884. The molecule has 0 bridgehead atoms. The topological polar surface area (TPSA) is 28.7 Å². The van der Waals surface area contributed by atoms with Crippen LogP contribution in [0.25, 0.3) is 11.3 Å². The zero-order chi connectivity index (χ0) is 8.39. The quantitative estimate of drug-likeness (QED) is 0.718. The highest BCUT2D eigenvalue weighted by atomic mass is 14.8. The number of hydrogen-bond acceptors (Lipinski definition) is 1. The Morgan fingerprint density at radius 2 is 2.25 bits per heavy atom. The van der Waals surface area contributed by atoms with Crippen molar-refractivity contribution in [3.63, 3.8) is 0 Å². The van der Waals surface area contributed by atoms with Crippen molar-refractivity contribution in [1.82, 2.24) is 9.97 Å². The van der Waals surface area contributed by atoms with Crippen LogP contribution in [0.4, 0.5) is 0 Å². The van der Waals surface area contributed by atoms with Crippen molar-refractivity contribution in [2.24, 2.45) is 0 Å². The molecule has 0 amide bonds. The van der Waals surface area contributed by atoms with Crippen molar-refractivity contribution in [2.45, 2.75) is 19.8 Å². The number of hydrogen-bond donors (Lipinski definition) is 1. The van der Waals surface area contributed by atoms with E-state index in [9.17, 15) is 0 Å². The summed E-state index contributed by atoms with van der Waals surface area (Å²) in [5.41, 5.74) is 3.62. The molecule has 0 fully saturated rings. The van der Waals surface area contributed by atoms with E-state index in [2.05, 4.69) is 29.0 Å². The summed E-state index contributed by atoms with van der Waals surface area (Å²) in [7, 11) is 0. The maximum atomic E-state index is 4.07. The maximum Gasteiger partial charge on any atom is 0.0656 e. The third-order valence-corrected chi connectivity index (χ3v) is 2.01. The van der Waals surface area contributed by atoms with Gasteiger partial charge in [-0.05, 0) is 18.6 Å². The molecular formula is C10H12N2. The molecule has 62 valence electrons. The minimum atomic E-state index is 1.11. The minimum absolute atomic E-state index is 1.11. The minimum Gasteiger partial charge on any atom is -0.357 e. The van der Waals surface area contributed by atoms with Crippen molar-refractivity contribution in [3.05, 3.63) is 30.2 Å². The predicted octanol–water partition coefficient (Wildman–Crippen LogP) is 2.47. The van der Waals surface area contributed by atoms with Crippen LogP contribution in [0.15, 0.2) is 24.5 Å². The van der Waals surface area contributed by atoms with Gasteiger partial charge in [0.2, 0.25) is 0 Å². The molecule has 0 saturated carbocycles. The summed E-state index contributed by atoms with van der Waals surface area (Å²) < 4.78 is 0. The number of rotatable bonds is 2. The fraction of sp³-hybridized carbons (Fsp3) is 0.300. The summed E-state index contributed by atoms with van der Waals surface area (Å²) in [4.78, 5) is 7.42. The van der Waals surface area contributed by atoms with Crippen LogP contribution >= 0.6 is 0 Å². The zero-order valence-electron chi connectivity index (χ0n) is 7.17. The fourth-order valence-corrected chi connectivity index (χ4v) is 1.39. The molecule has 0 atom stereocenters. The third-order valence-electron chi connectivity index (χ3n) is 2.01. The van der Waals surface area contributed by atoms with E-state index in [0.29, 0.717) is 0 Å². The Balaban J connectivity index is 2.40. The van der Waals surface area contributed by atoms with Gasteiger partial charge in [-0.3, -0.25) is 4.98 Å². The van der Waals surface area contributed by atoms with Gasteiger partial charge in [0.25, 0.3) is 0 Å². The van der Waals surface area contributed by atoms with Crippen LogP contribution < -0.4 is 0 Å². The summed E-state index contributed by atoms with van der Waals surface area (Å²) >= 11 is 0. The number of H-pyrrole nitrogens is 1. The van der Waals surface area contributed by atoms with Crippen molar-refractivity contribution < 1.29 is 0 Å². The summed E-state index contributed by atoms with van der Waals surface area (Å²) in [6, 6.07) is 4.25. The molecule has 2 aliphatic heterocycles. The van der Waals surface area contributed by atoms with E-state index in [1.165, 1.54) is 17.7 Å². The lowest BCUT2D eigenvalue weighted by Crippen LogP contribution is -1.90. The van der Waals surface area contributed by atoms with Crippen molar-refractivity contribution >= 4 is 0 Å². The molecule has 0 aromatic rings. The molecule has 2 rings (SSSR count). The smallest absolute Gasteiger partial charge is 0.0656 e. The van der Waals surface area contributed by atoms with Gasteiger partial charge in [-0.15, -0.1) is 0 Å². The first kappa shape index (κ1) is 7.35. The second-order valence-electron chi connectivity index (χ2n) is 3.01. The molecule has 1 N–H and O–H groups in total. The number of aromatic nitrogens is 2. The molecule has 0 saturated heterocycles. The summed E-state index contributed by atoms with van der Waals surface area (Å²) in [5.74, 6) is 0. The molecule has 0 spiro atoms. The van der Waals surface area contributed by atoms with Crippen LogP contribution in [0, 0.1) is 0 Å². The first-order chi connectivity index (χ1) is 5.90. The van der Waals surface area contributed by atoms with Gasteiger partial charge in [0.15, 0.2) is 0 Å². The molecule has 2 heterocycles. The molecule has 2 heteroatoms. The highest BCUT2D eigenvalue weighted by Gasteiger charge is 2.02. The van der Waals surface area contributed by atoms with Crippen LogP contribution in [-0.2, 0) is 6.42 Å². The van der Waals surface area contributed by atoms with Crippen LogP contribution in [0.1, 0.15) is 19.0 Å². The Hall–Kier alpha value is -1.31. The molecule has 0 unspecified atom stereocenters. The maximum absolute atomic E-state index is 4.07. The number of aryl methyl sites for hydroxylation is 1. The van der Waals surface area contributed by atoms with Gasteiger partial charge >= 0.3 is 0 Å². The first-order valence-corrected chi connectivity index (χ1v) is 4.32. The normalized spacial score (nSPS) is 10.8. The van der Waals surface area contributed by atoms with Crippen LogP contribution in [0.5, 0.6) is 0 Å². The SMILES string of the molecule is CCCc1ccc2cncc-2[nH]1. The highest BCUT2D eigenvalue weighted by molar-refractivity contribution is 5.59. The predicted molar refractivity (Wildman–Crippen MR) is 49.2 cm³/mol. The Morgan fingerprint density at radius 3 is 3.08 bits per heavy atom. The molecule has 2 nitrogen and oxygen atoms in total. The van der Waals surface area contributed by atoms with Gasteiger partial charge in [0, 0.05) is 17.5 Å². The average Bonchev–Trinajstić information content (AvgIpc) is 2.51. The molecule has 12 heavy (non-hydrogen) atoms. The highest BCUT2D eigenvalue weighted by Crippen LogP contribution is 2.18. The van der Waals surface area contributed by atoms with E-state index in [0.717, 1.165) is 12.1 Å². The second-order valence-corrected chi connectivity index (χ2v) is 3.01. The number of nitrogens with one attached hydrogen (secondary N) is 1. The zero-order valence-corrected chi connectivity index (χ0v) is 7.17. The van der Waals surface area contributed by atoms with Gasteiger partial charge < -0.3 is 4.98 Å². The Morgan fingerprint density at radius 1 is 1.33 bits per heavy atom. The Labute approximate surface area is 72.0 Å². The van der Waals surface area contributed by atoms with Crippen molar-refractivity contribution in [1.29, 1.82) is 0 Å². The molecule has 2 aliphatic rings. The number of pyridine rings is 1.